The lowest BCUT2D eigenvalue weighted by Crippen LogP contribution is -2.42. The van der Waals surface area contributed by atoms with Crippen molar-refractivity contribution in [2.75, 3.05) is 33.4 Å². The number of aromatic nitrogens is 1. The second-order valence-corrected chi connectivity index (χ2v) is 10.2. The molecule has 2 heterocycles. The monoisotopic (exact) mass is 548 g/mol. The fraction of sp³-hybridized carbons (Fsp3) is 0.448. The number of methoxy groups -OCH3 is 1. The number of carboxylic acids is 1. The third kappa shape index (κ3) is 6.79. The van der Waals surface area contributed by atoms with Crippen LogP contribution in [0.15, 0.2) is 36.5 Å². The minimum absolute atomic E-state index is 0.0180. The number of pyridine rings is 1. The number of fused-ring (bicyclic) bond motifs is 1. The van der Waals surface area contributed by atoms with E-state index >= 15 is 4.39 Å². The summed E-state index contributed by atoms with van der Waals surface area (Å²) < 4.78 is 67.0. The average molecular weight is 549 g/mol. The van der Waals surface area contributed by atoms with Gasteiger partial charge in [-0.25, -0.2) is 17.6 Å². The van der Waals surface area contributed by atoms with Gasteiger partial charge < -0.3 is 14.6 Å². The fourth-order valence-corrected chi connectivity index (χ4v) is 5.44. The smallest absolute Gasteiger partial charge is 0.303 e. The lowest BCUT2D eigenvalue weighted by atomic mass is 9.71. The normalized spacial score (nSPS) is 16.3. The lowest BCUT2D eigenvalue weighted by Gasteiger charge is -2.41. The molecule has 0 saturated carbocycles. The van der Waals surface area contributed by atoms with Crippen LogP contribution in [0.4, 0.5) is 17.6 Å². The number of benzene rings is 2. The molecule has 1 N–H and O–H groups in total. The Morgan fingerprint density at radius 3 is 2.49 bits per heavy atom. The highest BCUT2D eigenvalue weighted by Crippen LogP contribution is 2.43. The van der Waals surface area contributed by atoms with Gasteiger partial charge in [0.05, 0.1) is 19.0 Å². The standard InChI is InChI=1S/C29H32F4N2O4/c1-18-17-34-25-4-3-20(38-2)15-21(25)27(18)22(31)5-6-29(16-26(36)37)7-9-35(10-8-29)11-12-39-28-23(32)13-19(30)14-24(28)33/h3-4,13-15,17,22H,5-12,16H2,1-2H3,(H,36,37)/t22-/m1/s1. The zero-order valence-corrected chi connectivity index (χ0v) is 22.0. The lowest BCUT2D eigenvalue weighted by molar-refractivity contribution is -0.141. The van der Waals surface area contributed by atoms with E-state index in [9.17, 15) is 23.1 Å². The van der Waals surface area contributed by atoms with Crippen LogP contribution >= 0.6 is 0 Å². The number of carbonyl (C=O) groups is 1. The molecular weight excluding hydrogens is 516 g/mol. The van der Waals surface area contributed by atoms with Crippen LogP contribution in [0.25, 0.3) is 10.9 Å². The summed E-state index contributed by atoms with van der Waals surface area (Å²) in [6.45, 7) is 3.23. The molecule has 1 saturated heterocycles. The summed E-state index contributed by atoms with van der Waals surface area (Å²) >= 11 is 0. The first-order valence-corrected chi connectivity index (χ1v) is 12.9. The van der Waals surface area contributed by atoms with Gasteiger partial charge in [-0.15, -0.1) is 0 Å². The number of ether oxygens (including phenoxy) is 2. The summed E-state index contributed by atoms with van der Waals surface area (Å²) in [5, 5.41) is 10.3. The van der Waals surface area contributed by atoms with Crippen LogP contribution in [-0.4, -0.2) is 54.3 Å². The van der Waals surface area contributed by atoms with Crippen LogP contribution in [0.2, 0.25) is 0 Å². The Kier molecular flexibility index (Phi) is 8.94. The van der Waals surface area contributed by atoms with E-state index in [-0.39, 0.29) is 19.4 Å². The number of rotatable bonds is 11. The third-order valence-corrected chi connectivity index (χ3v) is 7.62. The quantitative estimate of drug-likeness (QED) is 0.280. The first-order chi connectivity index (χ1) is 18.6. The summed E-state index contributed by atoms with van der Waals surface area (Å²) in [5.74, 6) is -4.19. The Bertz CT molecular complexity index is 1310. The van der Waals surface area contributed by atoms with Crippen molar-refractivity contribution >= 4 is 16.9 Å². The highest BCUT2D eigenvalue weighted by molar-refractivity contribution is 5.85. The van der Waals surface area contributed by atoms with Gasteiger partial charge >= 0.3 is 5.97 Å². The van der Waals surface area contributed by atoms with Crippen LogP contribution in [-0.2, 0) is 4.79 Å². The summed E-state index contributed by atoms with van der Waals surface area (Å²) in [4.78, 5) is 18.1. The van der Waals surface area contributed by atoms with Gasteiger partial charge in [0.2, 0.25) is 0 Å². The fourth-order valence-electron chi connectivity index (χ4n) is 5.44. The molecule has 39 heavy (non-hydrogen) atoms. The molecule has 6 nitrogen and oxygen atoms in total. The summed E-state index contributed by atoms with van der Waals surface area (Å²) in [6, 6.07) is 6.45. The first kappa shape index (κ1) is 28.6. The average Bonchev–Trinajstić information content (AvgIpc) is 2.89. The third-order valence-electron chi connectivity index (χ3n) is 7.62. The molecule has 0 radical (unpaired) electrons. The minimum Gasteiger partial charge on any atom is -0.497 e. The Hall–Kier alpha value is -3.40. The Morgan fingerprint density at radius 2 is 1.85 bits per heavy atom. The molecule has 10 heteroatoms. The van der Waals surface area contributed by atoms with Gasteiger partial charge in [0.25, 0.3) is 0 Å². The number of halogens is 4. The van der Waals surface area contributed by atoms with Crippen molar-refractivity contribution < 1.29 is 36.9 Å². The molecule has 210 valence electrons. The Balaban J connectivity index is 1.39. The number of hydrogen-bond acceptors (Lipinski definition) is 5. The number of aryl methyl sites for hydroxylation is 1. The SMILES string of the molecule is COc1ccc2ncc(C)c([C@H](F)CCC3(CC(=O)O)CCN(CCOc4c(F)cc(F)cc4F)CC3)c2c1. The molecule has 2 aromatic carbocycles. The maximum atomic E-state index is 15.8. The molecule has 0 amide bonds. The van der Waals surface area contributed by atoms with Gasteiger partial charge in [-0.2, -0.15) is 0 Å². The van der Waals surface area contributed by atoms with E-state index in [1.807, 2.05) is 11.8 Å². The molecule has 1 atom stereocenters. The van der Waals surface area contributed by atoms with Gasteiger partial charge in [-0.05, 0) is 80.4 Å². The van der Waals surface area contributed by atoms with E-state index in [1.165, 1.54) is 0 Å². The van der Waals surface area contributed by atoms with Crippen molar-refractivity contribution in [2.24, 2.45) is 5.41 Å². The zero-order valence-electron chi connectivity index (χ0n) is 22.0. The number of likely N-dealkylation sites (tertiary alicyclic amines) is 1. The van der Waals surface area contributed by atoms with Crippen molar-refractivity contribution in [2.45, 2.75) is 45.2 Å². The number of nitrogens with zero attached hydrogens (tertiary/aromatic N) is 2. The van der Waals surface area contributed by atoms with E-state index in [4.69, 9.17) is 9.47 Å². The van der Waals surface area contributed by atoms with E-state index in [0.717, 1.165) is 5.56 Å². The van der Waals surface area contributed by atoms with Crippen molar-refractivity contribution in [1.82, 2.24) is 9.88 Å². The molecule has 1 fully saturated rings. The van der Waals surface area contributed by atoms with E-state index in [0.29, 0.717) is 73.2 Å². The van der Waals surface area contributed by atoms with Crippen molar-refractivity contribution in [3.63, 3.8) is 0 Å². The number of aliphatic carboxylic acids is 1. The number of alkyl halides is 1. The number of piperidine rings is 1. The van der Waals surface area contributed by atoms with Crippen LogP contribution in [0, 0.1) is 29.8 Å². The van der Waals surface area contributed by atoms with Crippen LogP contribution in [0.5, 0.6) is 11.5 Å². The number of carboxylic acid groups (broad SMARTS) is 1. The first-order valence-electron chi connectivity index (χ1n) is 12.9. The topological polar surface area (TPSA) is 71.9 Å². The van der Waals surface area contributed by atoms with Gasteiger partial charge in [-0.3, -0.25) is 14.7 Å². The molecule has 1 aliphatic rings. The molecule has 0 spiro atoms. The summed E-state index contributed by atoms with van der Waals surface area (Å²) in [5.41, 5.74) is 1.35. The van der Waals surface area contributed by atoms with Crippen LogP contribution in [0.1, 0.15) is 49.4 Å². The van der Waals surface area contributed by atoms with Crippen LogP contribution in [0.3, 0.4) is 0 Å². The predicted molar refractivity (Wildman–Crippen MR) is 138 cm³/mol. The van der Waals surface area contributed by atoms with Crippen LogP contribution < -0.4 is 9.47 Å². The molecule has 4 rings (SSSR count). The molecule has 1 aromatic heterocycles. The molecule has 1 aliphatic heterocycles. The molecule has 0 unspecified atom stereocenters. The maximum Gasteiger partial charge on any atom is 0.303 e. The van der Waals surface area contributed by atoms with Crippen molar-refractivity contribution in [3.8, 4) is 11.5 Å². The summed E-state index contributed by atoms with van der Waals surface area (Å²) in [7, 11) is 1.55. The van der Waals surface area contributed by atoms with Crippen molar-refractivity contribution in [3.05, 3.63) is 65.1 Å². The van der Waals surface area contributed by atoms with Gasteiger partial charge in [-0.1, -0.05) is 0 Å². The summed E-state index contributed by atoms with van der Waals surface area (Å²) in [6.07, 6.45) is 1.90. The Morgan fingerprint density at radius 1 is 1.15 bits per heavy atom. The minimum atomic E-state index is -1.31. The Labute approximate surface area is 224 Å². The van der Waals surface area contributed by atoms with Gasteiger partial charge in [0.1, 0.15) is 24.3 Å². The highest BCUT2D eigenvalue weighted by Gasteiger charge is 2.37. The largest absolute Gasteiger partial charge is 0.497 e. The predicted octanol–water partition coefficient (Wildman–Crippen LogP) is 6.40. The molecular formula is C29H32F4N2O4. The molecule has 0 aliphatic carbocycles. The van der Waals surface area contributed by atoms with E-state index < -0.39 is 40.8 Å². The van der Waals surface area contributed by atoms with E-state index in [1.54, 1.807) is 31.5 Å². The second-order valence-electron chi connectivity index (χ2n) is 10.2. The highest BCUT2D eigenvalue weighted by atomic mass is 19.1. The van der Waals surface area contributed by atoms with Gasteiger partial charge in [0, 0.05) is 30.3 Å². The zero-order chi connectivity index (χ0) is 28.2. The van der Waals surface area contributed by atoms with Gasteiger partial charge in [0.15, 0.2) is 17.4 Å². The number of hydrogen-bond donors (Lipinski definition) is 1. The molecule has 0 bridgehead atoms. The van der Waals surface area contributed by atoms with Crippen molar-refractivity contribution in [1.29, 1.82) is 0 Å². The maximum absolute atomic E-state index is 15.8. The second kappa shape index (κ2) is 12.2. The van der Waals surface area contributed by atoms with E-state index in [2.05, 4.69) is 4.98 Å². The molecule has 3 aromatic rings.